The van der Waals surface area contributed by atoms with Gasteiger partial charge in [0.15, 0.2) is 11.7 Å². The quantitative estimate of drug-likeness (QED) is 0.0440. The second-order valence-corrected chi connectivity index (χ2v) is 16.1. The molecule has 1 saturated heterocycles. The number of nitrogens with zero attached hydrogens (tertiary/aromatic N) is 1. The highest BCUT2D eigenvalue weighted by atomic mass is 16.3. The fourth-order valence-corrected chi connectivity index (χ4v) is 7.03. The molecule has 0 bridgehead atoms. The van der Waals surface area contributed by atoms with E-state index in [1.54, 1.807) is 30.3 Å². The summed E-state index contributed by atoms with van der Waals surface area (Å²) in [6.45, 7) is 2.90. The lowest BCUT2D eigenvalue weighted by Gasteiger charge is -2.26. The normalized spacial score (nSPS) is 22.7. The van der Waals surface area contributed by atoms with Crippen LogP contribution >= 0.6 is 0 Å². The molecule has 1 aliphatic heterocycles. The number of amides is 5. The van der Waals surface area contributed by atoms with Crippen molar-refractivity contribution < 1.29 is 58.2 Å². The van der Waals surface area contributed by atoms with Crippen molar-refractivity contribution in [1.29, 1.82) is 0 Å². The molecule has 354 valence electrons. The van der Waals surface area contributed by atoms with E-state index in [0.717, 1.165) is 0 Å². The lowest BCUT2D eigenvalue weighted by Crippen LogP contribution is -2.58. The molecule has 0 unspecified atom stereocenters. The summed E-state index contributed by atoms with van der Waals surface area (Å²) < 4.78 is 0. The number of rotatable bonds is 17. The number of aliphatic imine (C=N–C) groups is 1. The average molecular weight is 900 g/mol. The van der Waals surface area contributed by atoms with Crippen molar-refractivity contribution in [2.75, 3.05) is 26.2 Å². The molecule has 0 saturated carbocycles. The lowest BCUT2D eigenvalue weighted by molar-refractivity contribution is -0.136. The van der Waals surface area contributed by atoms with Crippen molar-refractivity contribution >= 4 is 64.4 Å². The predicted molar refractivity (Wildman–Crippen MR) is 232 cm³/mol. The van der Waals surface area contributed by atoms with E-state index in [9.17, 15) is 58.2 Å². The Morgan fingerprint density at radius 1 is 0.875 bits per heavy atom. The van der Waals surface area contributed by atoms with Crippen molar-refractivity contribution in [2.45, 2.75) is 122 Å². The molecule has 1 aromatic rings. The van der Waals surface area contributed by atoms with Gasteiger partial charge in [-0.2, -0.15) is 0 Å². The number of carbonyl (C=O) groups excluding carboxylic acids is 10. The van der Waals surface area contributed by atoms with Gasteiger partial charge in [0.25, 0.3) is 0 Å². The second kappa shape index (κ2) is 28.0. The van der Waals surface area contributed by atoms with Crippen molar-refractivity contribution in [3.05, 3.63) is 35.9 Å². The highest BCUT2D eigenvalue weighted by molar-refractivity contribution is 5.98. The first-order chi connectivity index (χ1) is 30.2. The summed E-state index contributed by atoms with van der Waals surface area (Å²) in [4.78, 5) is 137. The van der Waals surface area contributed by atoms with Crippen LogP contribution in [0, 0.1) is 17.8 Å². The molecular formula is C43H65N9O12. The Morgan fingerprint density at radius 2 is 1.55 bits per heavy atom. The number of ketones is 5. The lowest BCUT2D eigenvalue weighted by atomic mass is 9.81. The number of aliphatic hydroxyl groups excluding tert-OH is 2. The molecule has 0 aromatic heterocycles. The minimum atomic E-state index is -1.59. The van der Waals surface area contributed by atoms with Gasteiger partial charge in [-0.1, -0.05) is 30.3 Å². The Balaban J connectivity index is 2.60. The van der Waals surface area contributed by atoms with Crippen molar-refractivity contribution in [1.82, 2.24) is 26.6 Å². The molecule has 64 heavy (non-hydrogen) atoms. The van der Waals surface area contributed by atoms with Gasteiger partial charge in [-0.25, -0.2) is 0 Å². The third-order valence-electron chi connectivity index (χ3n) is 10.8. The number of guanidine groups is 1. The zero-order valence-corrected chi connectivity index (χ0v) is 36.8. The smallest absolute Gasteiger partial charge is 0.243 e. The second-order valence-electron chi connectivity index (χ2n) is 16.1. The molecule has 21 heteroatoms. The average Bonchev–Trinajstić information content (AvgIpc) is 3.23. The highest BCUT2D eigenvalue weighted by Crippen LogP contribution is 2.24. The predicted octanol–water partition coefficient (Wildman–Crippen LogP) is -2.46. The summed E-state index contributed by atoms with van der Waals surface area (Å²) in [5.41, 5.74) is 16.9. The van der Waals surface area contributed by atoms with Crippen molar-refractivity contribution in [3.63, 3.8) is 0 Å². The van der Waals surface area contributed by atoms with Crippen LogP contribution in [0.4, 0.5) is 0 Å². The number of nitrogens with two attached hydrogens (primary N) is 3. The monoisotopic (exact) mass is 899 g/mol. The van der Waals surface area contributed by atoms with E-state index >= 15 is 0 Å². The summed E-state index contributed by atoms with van der Waals surface area (Å²) in [6, 6.07) is 4.23. The van der Waals surface area contributed by atoms with Crippen molar-refractivity contribution in [2.24, 2.45) is 39.9 Å². The topological polar surface area (TPSA) is 362 Å². The SMILES string of the molecule is CC(=O)[C@@H](CC(=O)[C@@H]1CCCNC(=O)C[C@H](NC(=O)CCC(=O)CN)C(=O)N[C@@H](CCCN=C(N)N)C(=O)N[C@@H](Cc2ccccc2)C(=O)NCC(=O)C[C@@H]([C@@H](C)O)C(=O)C1)[C@@H](C)O. The number of aliphatic hydroxyl groups is 2. The first-order valence-electron chi connectivity index (χ1n) is 21.4. The van der Waals surface area contributed by atoms with Gasteiger partial charge in [0, 0.05) is 63.5 Å². The number of benzene rings is 1. The van der Waals surface area contributed by atoms with Crippen LogP contribution in [-0.4, -0.2) is 131 Å². The Kier molecular flexibility index (Phi) is 23.7. The van der Waals surface area contributed by atoms with Gasteiger partial charge in [-0.3, -0.25) is 52.9 Å². The summed E-state index contributed by atoms with van der Waals surface area (Å²) in [7, 11) is 0. The van der Waals surface area contributed by atoms with Gasteiger partial charge in [0.2, 0.25) is 29.5 Å². The third kappa shape index (κ3) is 20.1. The minimum Gasteiger partial charge on any atom is -0.393 e. The molecule has 21 nitrogen and oxygen atoms in total. The molecule has 1 heterocycles. The number of nitrogens with one attached hydrogen (secondary N) is 5. The molecule has 5 amide bonds. The van der Waals surface area contributed by atoms with E-state index in [-0.39, 0.29) is 70.5 Å². The molecule has 0 radical (unpaired) electrons. The van der Waals surface area contributed by atoms with Crippen LogP contribution in [0.25, 0.3) is 0 Å². The van der Waals surface area contributed by atoms with E-state index in [4.69, 9.17) is 17.2 Å². The summed E-state index contributed by atoms with van der Waals surface area (Å²) in [5, 5.41) is 33.6. The number of carbonyl (C=O) groups is 10. The van der Waals surface area contributed by atoms with Gasteiger partial charge in [-0.15, -0.1) is 0 Å². The molecule has 1 fully saturated rings. The standard InChI is InChI=1S/C43H65N9O12/c1-24(53)31(25(2)54)20-36(58)28-11-7-15-47-39(61)21-35(50-38(60)14-13-29(56)22-44)42(64)51-33(12-8-16-48-43(45)46)41(63)52-34(17-27-9-5-4-6-10-27)40(62)49-23-30(57)19-32(26(3)55)37(59)18-28/h4-6,9-10,24,26,28,31-35,53,55H,7-8,11-23,44H2,1-3H3,(H,47,61)(H,49,62)(H,50,60)(H,51,64)(H,52,63)(H4,45,46,48)/t24-,26-,28-,31+,32+,33+,34+,35+/m1/s1. The molecule has 0 aliphatic carbocycles. The van der Waals surface area contributed by atoms with Gasteiger partial charge in [0.05, 0.1) is 37.6 Å². The first kappa shape index (κ1) is 54.2. The summed E-state index contributed by atoms with van der Waals surface area (Å²) in [5.74, 6) is -10.5. The van der Waals surface area contributed by atoms with Crippen LogP contribution in [0.3, 0.4) is 0 Å². The molecule has 13 N–H and O–H groups in total. The molecule has 1 aliphatic rings. The number of hydrogen-bond acceptors (Lipinski definition) is 14. The van der Waals surface area contributed by atoms with E-state index < -0.39 is 139 Å². The zero-order chi connectivity index (χ0) is 47.9. The molecule has 8 atom stereocenters. The maximum atomic E-state index is 14.0. The van der Waals surface area contributed by atoms with Crippen LogP contribution in [0.2, 0.25) is 0 Å². The maximum absolute atomic E-state index is 14.0. The zero-order valence-electron chi connectivity index (χ0n) is 36.8. The van der Waals surface area contributed by atoms with Crippen LogP contribution in [0.1, 0.15) is 90.5 Å². The van der Waals surface area contributed by atoms with E-state index in [1.165, 1.54) is 20.8 Å². The summed E-state index contributed by atoms with van der Waals surface area (Å²) in [6.07, 6.45) is -5.12. The molecule has 0 spiro atoms. The fraction of sp³-hybridized carbons (Fsp3) is 0.605. The van der Waals surface area contributed by atoms with Gasteiger partial charge >= 0.3 is 0 Å². The third-order valence-corrected chi connectivity index (χ3v) is 10.8. The highest BCUT2D eigenvalue weighted by Gasteiger charge is 2.35. The molecule has 2 rings (SSSR count). The number of Topliss-reactive ketones (excluding diaryl/α,β-unsaturated/α-hetero) is 5. The first-order valence-corrected chi connectivity index (χ1v) is 21.4. The van der Waals surface area contributed by atoms with E-state index in [2.05, 4.69) is 31.6 Å². The molecule has 1 aromatic carbocycles. The van der Waals surface area contributed by atoms with Crippen molar-refractivity contribution in [3.8, 4) is 0 Å². The van der Waals surface area contributed by atoms with Crippen LogP contribution < -0.4 is 43.8 Å². The van der Waals surface area contributed by atoms with Gasteiger partial charge in [-0.05, 0) is 52.0 Å². The maximum Gasteiger partial charge on any atom is 0.243 e. The molecular weight excluding hydrogens is 835 g/mol. The van der Waals surface area contributed by atoms with Crippen LogP contribution in [-0.2, 0) is 54.4 Å². The summed E-state index contributed by atoms with van der Waals surface area (Å²) >= 11 is 0. The Morgan fingerprint density at radius 3 is 2.16 bits per heavy atom. The minimum absolute atomic E-state index is 0.0128. The van der Waals surface area contributed by atoms with E-state index in [1.807, 2.05) is 0 Å². The van der Waals surface area contributed by atoms with Crippen LogP contribution in [0.5, 0.6) is 0 Å². The Bertz CT molecular complexity index is 1840. The van der Waals surface area contributed by atoms with E-state index in [0.29, 0.717) is 5.56 Å². The fourth-order valence-electron chi connectivity index (χ4n) is 7.03. The Hall–Kier alpha value is -5.93. The largest absolute Gasteiger partial charge is 0.393 e. The van der Waals surface area contributed by atoms with Gasteiger partial charge < -0.3 is 54.0 Å². The van der Waals surface area contributed by atoms with Crippen LogP contribution in [0.15, 0.2) is 35.3 Å². The number of hydrogen-bond donors (Lipinski definition) is 10. The Labute approximate surface area is 372 Å². The van der Waals surface area contributed by atoms with Gasteiger partial charge in [0.1, 0.15) is 41.3 Å².